The van der Waals surface area contributed by atoms with Crippen LogP contribution in [-0.2, 0) is 9.53 Å². The number of hydrogen-bond acceptors (Lipinski definition) is 6. The van der Waals surface area contributed by atoms with Crippen LogP contribution in [0.15, 0.2) is 72.1 Å². The lowest BCUT2D eigenvalue weighted by atomic mass is 10.2. The molecule has 1 aromatic heterocycles. The molecule has 0 radical (unpaired) electrons. The average Bonchev–Trinajstić information content (AvgIpc) is 3.22. The third-order valence-corrected chi connectivity index (χ3v) is 4.27. The molecule has 2 amide bonds. The fourth-order valence-electron chi connectivity index (χ4n) is 2.13. The first-order valence-electron chi connectivity index (χ1n) is 7.99. The van der Waals surface area contributed by atoms with Gasteiger partial charge in [0.05, 0.1) is 10.4 Å². The van der Waals surface area contributed by atoms with Crippen molar-refractivity contribution < 1.29 is 23.9 Å². The lowest BCUT2D eigenvalue weighted by Crippen LogP contribution is -2.33. The van der Waals surface area contributed by atoms with Gasteiger partial charge in [-0.1, -0.05) is 24.3 Å². The lowest BCUT2D eigenvalue weighted by molar-refractivity contribution is -0.123. The van der Waals surface area contributed by atoms with Crippen LogP contribution in [0.25, 0.3) is 0 Å². The van der Waals surface area contributed by atoms with Crippen LogP contribution in [0.2, 0.25) is 0 Å². The van der Waals surface area contributed by atoms with Gasteiger partial charge in [0, 0.05) is 0 Å². The number of imide groups is 1. The summed E-state index contributed by atoms with van der Waals surface area (Å²) in [4.78, 5) is 35.9. The largest absolute Gasteiger partial charge is 0.457 e. The molecular formula is C20H15NO5S. The van der Waals surface area contributed by atoms with Crippen molar-refractivity contribution in [1.29, 1.82) is 0 Å². The SMILES string of the molecule is O=C(COC(=O)c1ccc(Oc2ccccc2)cc1)NC(=O)c1cccs1. The van der Waals surface area contributed by atoms with Gasteiger partial charge in [0.25, 0.3) is 11.8 Å². The summed E-state index contributed by atoms with van der Waals surface area (Å²) in [6, 6.07) is 18.9. The molecule has 3 aromatic rings. The standard InChI is InChI=1S/C20H15NO5S/c22-18(21-19(23)17-7-4-12-27-17)13-25-20(24)14-8-10-16(11-9-14)26-15-5-2-1-3-6-15/h1-12H,13H2,(H,21,22,23). The highest BCUT2D eigenvalue weighted by Gasteiger charge is 2.14. The number of rotatable bonds is 6. The van der Waals surface area contributed by atoms with Gasteiger partial charge in [-0.3, -0.25) is 14.9 Å². The second-order valence-corrected chi connectivity index (χ2v) is 6.32. The summed E-state index contributed by atoms with van der Waals surface area (Å²) in [5.41, 5.74) is 0.271. The molecule has 0 atom stereocenters. The predicted octanol–water partition coefficient (Wildman–Crippen LogP) is 3.65. The van der Waals surface area contributed by atoms with Crippen LogP contribution in [0.3, 0.4) is 0 Å². The number of amides is 2. The van der Waals surface area contributed by atoms with E-state index in [-0.39, 0.29) is 5.56 Å². The molecule has 0 saturated carbocycles. The van der Waals surface area contributed by atoms with Crippen LogP contribution >= 0.6 is 11.3 Å². The summed E-state index contributed by atoms with van der Waals surface area (Å²) >= 11 is 1.21. The van der Waals surface area contributed by atoms with Crippen LogP contribution in [0.5, 0.6) is 11.5 Å². The summed E-state index contributed by atoms with van der Waals surface area (Å²) in [5, 5.41) is 3.89. The van der Waals surface area contributed by atoms with E-state index >= 15 is 0 Å². The molecule has 0 spiro atoms. The maximum Gasteiger partial charge on any atom is 0.338 e. The highest BCUT2D eigenvalue weighted by molar-refractivity contribution is 7.12. The van der Waals surface area contributed by atoms with Gasteiger partial charge in [0.2, 0.25) is 0 Å². The predicted molar refractivity (Wildman–Crippen MR) is 100 cm³/mol. The van der Waals surface area contributed by atoms with E-state index in [1.165, 1.54) is 23.5 Å². The smallest absolute Gasteiger partial charge is 0.338 e. The molecule has 2 aromatic carbocycles. The van der Waals surface area contributed by atoms with E-state index in [1.807, 2.05) is 30.3 Å². The van der Waals surface area contributed by atoms with Gasteiger partial charge in [-0.25, -0.2) is 4.79 Å². The number of benzene rings is 2. The number of nitrogens with one attached hydrogen (secondary N) is 1. The summed E-state index contributed by atoms with van der Waals surface area (Å²) in [5.74, 6) is -0.629. The molecule has 1 N–H and O–H groups in total. The van der Waals surface area contributed by atoms with Crippen LogP contribution in [0.1, 0.15) is 20.0 Å². The Morgan fingerprint density at radius 3 is 2.22 bits per heavy atom. The summed E-state index contributed by atoms with van der Waals surface area (Å²) in [6.45, 7) is -0.543. The molecule has 0 aliphatic heterocycles. The third kappa shape index (κ3) is 5.26. The minimum Gasteiger partial charge on any atom is -0.457 e. The lowest BCUT2D eigenvalue weighted by Gasteiger charge is -2.07. The topological polar surface area (TPSA) is 81.7 Å². The van der Waals surface area contributed by atoms with E-state index in [9.17, 15) is 14.4 Å². The highest BCUT2D eigenvalue weighted by atomic mass is 32.1. The molecule has 0 unspecified atom stereocenters. The number of carbonyl (C=O) groups excluding carboxylic acids is 3. The zero-order chi connectivity index (χ0) is 19.1. The minimum absolute atomic E-state index is 0.271. The molecule has 0 aliphatic carbocycles. The fourth-order valence-corrected chi connectivity index (χ4v) is 2.75. The van der Waals surface area contributed by atoms with Gasteiger partial charge >= 0.3 is 5.97 Å². The van der Waals surface area contributed by atoms with Gasteiger partial charge < -0.3 is 9.47 Å². The molecule has 3 rings (SSSR count). The minimum atomic E-state index is -0.689. The Bertz CT molecular complexity index is 921. The maximum atomic E-state index is 12.0. The van der Waals surface area contributed by atoms with Crippen molar-refractivity contribution in [3.05, 3.63) is 82.6 Å². The van der Waals surface area contributed by atoms with Crippen molar-refractivity contribution in [2.75, 3.05) is 6.61 Å². The van der Waals surface area contributed by atoms with Crippen LogP contribution in [0, 0.1) is 0 Å². The van der Waals surface area contributed by atoms with E-state index in [0.717, 1.165) is 0 Å². The van der Waals surface area contributed by atoms with E-state index in [4.69, 9.17) is 9.47 Å². The zero-order valence-corrected chi connectivity index (χ0v) is 14.9. The van der Waals surface area contributed by atoms with E-state index in [0.29, 0.717) is 16.4 Å². The molecule has 0 aliphatic rings. The second-order valence-electron chi connectivity index (χ2n) is 5.37. The summed E-state index contributed by atoms with van der Waals surface area (Å²) in [6.07, 6.45) is 0. The van der Waals surface area contributed by atoms with Crippen molar-refractivity contribution in [2.24, 2.45) is 0 Å². The molecule has 0 fully saturated rings. The number of hydrogen-bond donors (Lipinski definition) is 1. The van der Waals surface area contributed by atoms with Crippen molar-refractivity contribution in [3.8, 4) is 11.5 Å². The first kappa shape index (κ1) is 18.3. The quantitative estimate of drug-likeness (QED) is 0.659. The molecule has 27 heavy (non-hydrogen) atoms. The number of esters is 1. The van der Waals surface area contributed by atoms with E-state index < -0.39 is 24.4 Å². The Labute approximate surface area is 159 Å². The molecule has 0 bridgehead atoms. The van der Waals surface area contributed by atoms with Crippen molar-refractivity contribution in [2.45, 2.75) is 0 Å². The fraction of sp³-hybridized carbons (Fsp3) is 0.0500. The van der Waals surface area contributed by atoms with E-state index in [1.54, 1.807) is 29.6 Å². The second kappa shape index (κ2) is 8.77. The highest BCUT2D eigenvalue weighted by Crippen LogP contribution is 2.21. The third-order valence-electron chi connectivity index (χ3n) is 3.40. The Morgan fingerprint density at radius 2 is 1.56 bits per heavy atom. The maximum absolute atomic E-state index is 12.0. The molecular weight excluding hydrogens is 366 g/mol. The zero-order valence-electron chi connectivity index (χ0n) is 14.1. The summed E-state index contributed by atoms with van der Waals surface area (Å²) in [7, 11) is 0. The Kier molecular flexibility index (Phi) is 5.96. The molecule has 0 saturated heterocycles. The van der Waals surface area contributed by atoms with Crippen LogP contribution in [-0.4, -0.2) is 24.4 Å². The number of thiophene rings is 1. The normalized spacial score (nSPS) is 10.1. The van der Waals surface area contributed by atoms with Crippen molar-refractivity contribution >= 4 is 29.1 Å². The first-order valence-corrected chi connectivity index (χ1v) is 8.87. The molecule has 1 heterocycles. The Balaban J connectivity index is 1.49. The number of carbonyl (C=O) groups is 3. The average molecular weight is 381 g/mol. The molecule has 7 heteroatoms. The summed E-state index contributed by atoms with van der Waals surface area (Å²) < 4.78 is 10.6. The monoisotopic (exact) mass is 381 g/mol. The first-order chi connectivity index (χ1) is 13.1. The number of para-hydroxylation sites is 1. The Hall–Kier alpha value is -3.45. The van der Waals surface area contributed by atoms with Gasteiger partial charge in [-0.05, 0) is 47.8 Å². The van der Waals surface area contributed by atoms with Crippen LogP contribution < -0.4 is 10.1 Å². The van der Waals surface area contributed by atoms with Gasteiger partial charge in [0.15, 0.2) is 6.61 Å². The van der Waals surface area contributed by atoms with E-state index in [2.05, 4.69) is 5.32 Å². The van der Waals surface area contributed by atoms with Gasteiger partial charge in [-0.2, -0.15) is 0 Å². The Morgan fingerprint density at radius 1 is 0.852 bits per heavy atom. The van der Waals surface area contributed by atoms with Crippen molar-refractivity contribution in [1.82, 2.24) is 5.32 Å². The van der Waals surface area contributed by atoms with Gasteiger partial charge in [0.1, 0.15) is 11.5 Å². The number of ether oxygens (including phenoxy) is 2. The molecule has 136 valence electrons. The van der Waals surface area contributed by atoms with Gasteiger partial charge in [-0.15, -0.1) is 11.3 Å². The molecule has 6 nitrogen and oxygen atoms in total. The van der Waals surface area contributed by atoms with Crippen LogP contribution in [0.4, 0.5) is 0 Å². The van der Waals surface area contributed by atoms with Crippen molar-refractivity contribution in [3.63, 3.8) is 0 Å².